The molecule has 0 fully saturated rings. The van der Waals surface area contributed by atoms with Gasteiger partial charge in [0.1, 0.15) is 5.69 Å². The number of nitro benzene ring substituents is 1. The van der Waals surface area contributed by atoms with Gasteiger partial charge in [-0.15, -0.1) is 0 Å². The van der Waals surface area contributed by atoms with E-state index in [1.54, 1.807) is 30.9 Å². The maximum atomic E-state index is 11.0. The van der Waals surface area contributed by atoms with Gasteiger partial charge in [-0.05, 0) is 32.9 Å². The van der Waals surface area contributed by atoms with Gasteiger partial charge >= 0.3 is 0 Å². The zero-order chi connectivity index (χ0) is 13.9. The van der Waals surface area contributed by atoms with Gasteiger partial charge in [0.05, 0.1) is 10.5 Å². The maximum absolute atomic E-state index is 11.0. The van der Waals surface area contributed by atoms with Crippen LogP contribution >= 0.6 is 11.6 Å². The van der Waals surface area contributed by atoms with Gasteiger partial charge in [0.25, 0.3) is 5.69 Å². The van der Waals surface area contributed by atoms with Crippen LogP contribution < -0.4 is 4.90 Å². The summed E-state index contributed by atoms with van der Waals surface area (Å²) in [5.74, 6) is 0. The molecule has 18 heavy (non-hydrogen) atoms. The van der Waals surface area contributed by atoms with Gasteiger partial charge in [0.2, 0.25) is 0 Å². The molecule has 0 spiro atoms. The molecule has 6 heteroatoms. The third kappa shape index (κ3) is 3.85. The number of likely N-dealkylation sites (N-methyl/N-ethyl adjacent to an activating group) is 1. The minimum atomic E-state index is -0.927. The topological polar surface area (TPSA) is 66.6 Å². The maximum Gasteiger partial charge on any atom is 0.294 e. The Morgan fingerprint density at radius 3 is 2.56 bits per heavy atom. The van der Waals surface area contributed by atoms with Crippen molar-refractivity contribution in [3.05, 3.63) is 33.3 Å². The number of aliphatic hydroxyl groups is 1. The SMILES string of the molecule is CCN(CC(C)(C)O)c1ccc(Cl)cc1[N+](=O)[O-]. The van der Waals surface area contributed by atoms with Crippen LogP contribution in [0.4, 0.5) is 11.4 Å². The standard InChI is InChI=1S/C12H17ClN2O3/c1-4-14(8-12(2,3)16)10-6-5-9(13)7-11(10)15(17)18/h5-7,16H,4,8H2,1-3H3. The molecule has 0 aliphatic carbocycles. The van der Waals surface area contributed by atoms with E-state index in [4.69, 9.17) is 11.6 Å². The van der Waals surface area contributed by atoms with Crippen LogP contribution in [0.25, 0.3) is 0 Å². The summed E-state index contributed by atoms with van der Waals surface area (Å²) < 4.78 is 0. The third-order valence-corrected chi connectivity index (χ3v) is 2.67. The minimum absolute atomic E-state index is 0.0476. The van der Waals surface area contributed by atoms with Gasteiger partial charge in [-0.3, -0.25) is 10.1 Å². The van der Waals surface area contributed by atoms with E-state index in [2.05, 4.69) is 0 Å². The highest BCUT2D eigenvalue weighted by molar-refractivity contribution is 6.30. The number of halogens is 1. The fourth-order valence-electron chi connectivity index (χ4n) is 1.74. The third-order valence-electron chi connectivity index (χ3n) is 2.43. The molecule has 0 saturated carbocycles. The monoisotopic (exact) mass is 272 g/mol. The summed E-state index contributed by atoms with van der Waals surface area (Å²) in [6.07, 6.45) is 0. The van der Waals surface area contributed by atoms with Crippen LogP contribution in [0.1, 0.15) is 20.8 Å². The predicted molar refractivity (Wildman–Crippen MR) is 72.3 cm³/mol. The zero-order valence-corrected chi connectivity index (χ0v) is 11.4. The number of benzene rings is 1. The number of rotatable bonds is 5. The molecule has 0 aliphatic heterocycles. The first-order valence-corrected chi connectivity index (χ1v) is 6.03. The lowest BCUT2D eigenvalue weighted by atomic mass is 10.1. The molecule has 0 heterocycles. The summed E-state index contributed by atoms with van der Waals surface area (Å²) in [6, 6.07) is 4.54. The molecule has 0 bridgehead atoms. The minimum Gasteiger partial charge on any atom is -0.389 e. The highest BCUT2D eigenvalue weighted by atomic mass is 35.5. The number of anilines is 1. The Kier molecular flexibility index (Phi) is 4.53. The first-order chi connectivity index (χ1) is 8.24. The van der Waals surface area contributed by atoms with Crippen molar-refractivity contribution in [2.45, 2.75) is 26.4 Å². The molecule has 0 radical (unpaired) electrons. The van der Waals surface area contributed by atoms with E-state index in [9.17, 15) is 15.2 Å². The molecule has 0 aliphatic rings. The Morgan fingerprint density at radius 1 is 1.50 bits per heavy atom. The Hall–Kier alpha value is -1.33. The summed E-state index contributed by atoms with van der Waals surface area (Å²) in [5.41, 5.74) is -0.508. The molecule has 5 nitrogen and oxygen atoms in total. The number of nitrogens with zero attached hydrogens (tertiary/aromatic N) is 2. The second-order valence-electron chi connectivity index (χ2n) is 4.72. The zero-order valence-electron chi connectivity index (χ0n) is 10.7. The van der Waals surface area contributed by atoms with Gasteiger partial charge in [-0.2, -0.15) is 0 Å². The Bertz CT molecular complexity index is 443. The van der Waals surface area contributed by atoms with E-state index in [-0.39, 0.29) is 5.69 Å². The summed E-state index contributed by atoms with van der Waals surface area (Å²) >= 11 is 5.77. The lowest BCUT2D eigenvalue weighted by Gasteiger charge is -2.29. The van der Waals surface area contributed by atoms with E-state index >= 15 is 0 Å². The van der Waals surface area contributed by atoms with Crippen molar-refractivity contribution < 1.29 is 10.0 Å². The Morgan fingerprint density at radius 2 is 2.11 bits per heavy atom. The first-order valence-electron chi connectivity index (χ1n) is 5.66. The lowest BCUT2D eigenvalue weighted by molar-refractivity contribution is -0.384. The van der Waals surface area contributed by atoms with Gasteiger partial charge in [0.15, 0.2) is 0 Å². The molecule has 0 atom stereocenters. The quantitative estimate of drug-likeness (QED) is 0.661. The van der Waals surface area contributed by atoms with Crippen LogP contribution in [0, 0.1) is 10.1 Å². The number of hydrogen-bond donors (Lipinski definition) is 1. The Balaban J connectivity index is 3.17. The summed E-state index contributed by atoms with van der Waals surface area (Å²) in [5, 5.41) is 21.2. The lowest BCUT2D eigenvalue weighted by Crippen LogP contribution is -2.38. The average Bonchev–Trinajstić information content (AvgIpc) is 2.24. The highest BCUT2D eigenvalue weighted by Gasteiger charge is 2.23. The molecule has 0 aromatic heterocycles. The summed E-state index contributed by atoms with van der Waals surface area (Å²) in [7, 11) is 0. The smallest absolute Gasteiger partial charge is 0.294 e. The molecule has 100 valence electrons. The fourth-order valence-corrected chi connectivity index (χ4v) is 1.91. The number of nitro groups is 1. The van der Waals surface area contributed by atoms with E-state index in [1.165, 1.54) is 6.07 Å². The van der Waals surface area contributed by atoms with Crippen molar-refractivity contribution >= 4 is 23.0 Å². The van der Waals surface area contributed by atoms with Crippen LogP contribution in [0.5, 0.6) is 0 Å². The van der Waals surface area contributed by atoms with Crippen LogP contribution in [0.15, 0.2) is 18.2 Å². The van der Waals surface area contributed by atoms with Gasteiger partial charge in [0, 0.05) is 24.2 Å². The second kappa shape index (κ2) is 5.54. The molecule has 1 aromatic carbocycles. The predicted octanol–water partition coefficient (Wildman–Crippen LogP) is 2.85. The molecule has 0 saturated heterocycles. The first kappa shape index (κ1) is 14.7. The van der Waals surface area contributed by atoms with Crippen molar-refractivity contribution in [3.8, 4) is 0 Å². The Labute approximate surface area is 111 Å². The van der Waals surface area contributed by atoms with Crippen molar-refractivity contribution in [2.24, 2.45) is 0 Å². The average molecular weight is 273 g/mol. The molecule has 1 rings (SSSR count). The van der Waals surface area contributed by atoms with Crippen molar-refractivity contribution in [2.75, 3.05) is 18.0 Å². The van der Waals surface area contributed by atoms with Gasteiger partial charge < -0.3 is 10.0 Å². The molecular formula is C12H17ClN2O3. The summed E-state index contributed by atoms with van der Waals surface area (Å²) in [4.78, 5) is 12.3. The van der Waals surface area contributed by atoms with Gasteiger partial charge in [-0.25, -0.2) is 0 Å². The van der Waals surface area contributed by atoms with E-state index in [1.807, 2.05) is 6.92 Å². The normalized spacial score (nSPS) is 11.4. The largest absolute Gasteiger partial charge is 0.389 e. The molecule has 0 amide bonds. The molecule has 1 N–H and O–H groups in total. The second-order valence-corrected chi connectivity index (χ2v) is 5.15. The van der Waals surface area contributed by atoms with E-state index < -0.39 is 10.5 Å². The van der Waals surface area contributed by atoms with Crippen molar-refractivity contribution in [1.29, 1.82) is 0 Å². The molecule has 0 unspecified atom stereocenters. The van der Waals surface area contributed by atoms with E-state index in [0.29, 0.717) is 23.8 Å². The number of hydrogen-bond acceptors (Lipinski definition) is 4. The van der Waals surface area contributed by atoms with Crippen molar-refractivity contribution in [3.63, 3.8) is 0 Å². The molecular weight excluding hydrogens is 256 g/mol. The fraction of sp³-hybridized carbons (Fsp3) is 0.500. The van der Waals surface area contributed by atoms with Crippen LogP contribution in [0.2, 0.25) is 5.02 Å². The van der Waals surface area contributed by atoms with Crippen LogP contribution in [0.3, 0.4) is 0 Å². The highest BCUT2D eigenvalue weighted by Crippen LogP contribution is 2.31. The summed E-state index contributed by atoms with van der Waals surface area (Å²) in [6.45, 7) is 6.08. The van der Waals surface area contributed by atoms with Gasteiger partial charge in [-0.1, -0.05) is 11.6 Å². The van der Waals surface area contributed by atoms with E-state index in [0.717, 1.165) is 0 Å². The molecule has 1 aromatic rings. The van der Waals surface area contributed by atoms with Crippen LogP contribution in [-0.4, -0.2) is 28.7 Å². The van der Waals surface area contributed by atoms with Crippen LogP contribution in [-0.2, 0) is 0 Å². The van der Waals surface area contributed by atoms with Crippen molar-refractivity contribution in [1.82, 2.24) is 0 Å².